The molecule has 0 amide bonds. The first-order valence-corrected chi connectivity index (χ1v) is 9.06. The molecule has 23 heavy (non-hydrogen) atoms. The van der Waals surface area contributed by atoms with Gasteiger partial charge in [0.2, 0.25) is 0 Å². The third kappa shape index (κ3) is 4.05. The highest BCUT2D eigenvalue weighted by Gasteiger charge is 2.22. The van der Waals surface area contributed by atoms with E-state index in [1.807, 2.05) is 12.1 Å². The van der Waals surface area contributed by atoms with Crippen molar-refractivity contribution in [3.8, 4) is 17.2 Å². The Bertz CT molecular complexity index is 717. The molecule has 0 fully saturated rings. The van der Waals surface area contributed by atoms with E-state index in [0.717, 1.165) is 43.2 Å². The van der Waals surface area contributed by atoms with Gasteiger partial charge < -0.3 is 20.6 Å². The van der Waals surface area contributed by atoms with Gasteiger partial charge in [-0.3, -0.25) is 0 Å². The van der Waals surface area contributed by atoms with Crippen LogP contribution in [0.2, 0.25) is 0 Å². The number of hydrogen-bond acceptors (Lipinski definition) is 4. The van der Waals surface area contributed by atoms with Crippen LogP contribution in [0.25, 0.3) is 0 Å². The molecule has 0 saturated heterocycles. The van der Waals surface area contributed by atoms with Gasteiger partial charge in [0.1, 0.15) is 5.75 Å². The van der Waals surface area contributed by atoms with Gasteiger partial charge in [-0.25, -0.2) is 0 Å². The monoisotopic (exact) mass is 603 g/mol. The van der Waals surface area contributed by atoms with Gasteiger partial charge in [-0.1, -0.05) is 0 Å². The molecule has 1 atom stereocenters. The Labute approximate surface area is 172 Å². The molecule has 0 radical (unpaired) electrons. The van der Waals surface area contributed by atoms with Crippen LogP contribution in [-0.4, -0.2) is 21.9 Å². The van der Waals surface area contributed by atoms with E-state index in [-0.39, 0.29) is 34.5 Å². The molecular formula is C16H16BrI2NO3. The van der Waals surface area contributed by atoms with Gasteiger partial charge in [-0.05, 0) is 106 Å². The average Bonchev–Trinajstić information content (AvgIpc) is 2.47. The van der Waals surface area contributed by atoms with Crippen LogP contribution in [0.3, 0.4) is 0 Å². The third-order valence-electron chi connectivity index (χ3n) is 3.91. The van der Waals surface area contributed by atoms with Crippen molar-refractivity contribution in [1.82, 2.24) is 5.32 Å². The molecule has 4 N–H and O–H groups in total. The zero-order valence-electron chi connectivity index (χ0n) is 12.0. The Balaban J connectivity index is 0.00000192. The standard InChI is InChI=1S/C16H15I2NO3.BrH/c17-11-3-8(4-12(18)16(11)22)5-13-10-7-15(21)14(20)6-9(10)1-2-19-13;/h3-4,6-7,13,19-22H,1-2,5H2;1H. The SMILES string of the molecule is Br.Oc1cc2c(cc1O)C(Cc1cc(I)c(O)c(I)c1)NCC2. The van der Waals surface area contributed by atoms with Gasteiger partial charge in [-0.15, -0.1) is 17.0 Å². The Hall–Kier alpha value is -0.260. The summed E-state index contributed by atoms with van der Waals surface area (Å²) >= 11 is 4.26. The van der Waals surface area contributed by atoms with Crippen molar-refractivity contribution >= 4 is 62.2 Å². The topological polar surface area (TPSA) is 72.7 Å². The minimum Gasteiger partial charge on any atom is -0.506 e. The van der Waals surface area contributed by atoms with Gasteiger partial charge in [0.05, 0.1) is 7.14 Å². The highest BCUT2D eigenvalue weighted by Crippen LogP contribution is 2.36. The lowest BCUT2D eigenvalue weighted by atomic mass is 9.90. The third-order valence-corrected chi connectivity index (χ3v) is 5.56. The number of hydrogen-bond donors (Lipinski definition) is 4. The van der Waals surface area contributed by atoms with E-state index < -0.39 is 0 Å². The summed E-state index contributed by atoms with van der Waals surface area (Å²) in [6, 6.07) is 7.36. The van der Waals surface area contributed by atoms with Crippen molar-refractivity contribution < 1.29 is 15.3 Å². The summed E-state index contributed by atoms with van der Waals surface area (Å²) < 4.78 is 1.67. The van der Waals surface area contributed by atoms with E-state index in [0.29, 0.717) is 5.75 Å². The van der Waals surface area contributed by atoms with Crippen molar-refractivity contribution in [3.63, 3.8) is 0 Å². The molecule has 0 spiro atoms. The second kappa shape index (κ2) is 7.75. The summed E-state index contributed by atoms with van der Waals surface area (Å²) in [4.78, 5) is 0. The number of phenolic OH excluding ortho intramolecular Hbond substituents is 3. The highest BCUT2D eigenvalue weighted by atomic mass is 127. The Morgan fingerprint density at radius 2 is 1.61 bits per heavy atom. The second-order valence-electron chi connectivity index (χ2n) is 5.41. The largest absolute Gasteiger partial charge is 0.506 e. The molecular weight excluding hydrogens is 588 g/mol. The molecule has 2 aromatic rings. The quantitative estimate of drug-likeness (QED) is 0.309. The molecule has 3 rings (SSSR count). The van der Waals surface area contributed by atoms with Crippen molar-refractivity contribution in [2.24, 2.45) is 0 Å². The first kappa shape index (κ1) is 19.1. The van der Waals surface area contributed by atoms with E-state index in [1.54, 1.807) is 12.1 Å². The summed E-state index contributed by atoms with van der Waals surface area (Å²) in [6.45, 7) is 0.841. The van der Waals surface area contributed by atoms with Crippen molar-refractivity contribution in [2.45, 2.75) is 18.9 Å². The lowest BCUT2D eigenvalue weighted by molar-refractivity contribution is 0.398. The Kier molecular flexibility index (Phi) is 6.42. The molecule has 1 heterocycles. The summed E-state index contributed by atoms with van der Waals surface area (Å²) in [5.74, 6) is 0.181. The fourth-order valence-corrected chi connectivity index (χ4v) is 4.72. The van der Waals surface area contributed by atoms with Crippen LogP contribution in [0, 0.1) is 7.14 Å². The summed E-state index contributed by atoms with van der Waals surface area (Å²) in [6.07, 6.45) is 1.60. The van der Waals surface area contributed by atoms with Gasteiger partial charge >= 0.3 is 0 Å². The van der Waals surface area contributed by atoms with Crippen LogP contribution in [0.5, 0.6) is 17.2 Å². The fourth-order valence-electron chi connectivity index (χ4n) is 2.82. The van der Waals surface area contributed by atoms with E-state index >= 15 is 0 Å². The molecule has 124 valence electrons. The summed E-state index contributed by atoms with van der Waals surface area (Å²) in [7, 11) is 0. The van der Waals surface area contributed by atoms with Gasteiger partial charge in [0, 0.05) is 6.04 Å². The van der Waals surface area contributed by atoms with Crippen LogP contribution in [-0.2, 0) is 12.8 Å². The number of benzene rings is 2. The highest BCUT2D eigenvalue weighted by molar-refractivity contribution is 14.1. The maximum atomic E-state index is 9.87. The smallest absolute Gasteiger partial charge is 0.157 e. The molecule has 7 heteroatoms. The fraction of sp³-hybridized carbons (Fsp3) is 0.250. The number of fused-ring (bicyclic) bond motifs is 1. The molecule has 4 nitrogen and oxygen atoms in total. The zero-order valence-corrected chi connectivity index (χ0v) is 18.0. The molecule has 1 aliphatic rings. The number of phenols is 3. The number of rotatable bonds is 2. The minimum absolute atomic E-state index is 0. The molecule has 2 aromatic carbocycles. The van der Waals surface area contributed by atoms with E-state index in [9.17, 15) is 15.3 Å². The number of aromatic hydroxyl groups is 3. The van der Waals surface area contributed by atoms with Crippen molar-refractivity contribution in [1.29, 1.82) is 0 Å². The first-order valence-electron chi connectivity index (χ1n) is 6.90. The van der Waals surface area contributed by atoms with Crippen molar-refractivity contribution in [2.75, 3.05) is 6.54 Å². The molecule has 1 unspecified atom stereocenters. The van der Waals surface area contributed by atoms with E-state index in [1.165, 1.54) is 0 Å². The lowest BCUT2D eigenvalue weighted by Gasteiger charge is -2.27. The predicted octanol–water partition coefficient (Wildman–Crippen LogP) is 4.02. The molecule has 1 aliphatic heterocycles. The predicted molar refractivity (Wildman–Crippen MR) is 112 cm³/mol. The minimum atomic E-state index is -0.0812. The molecule has 0 bridgehead atoms. The number of nitrogens with one attached hydrogen (secondary N) is 1. The Morgan fingerprint density at radius 3 is 2.26 bits per heavy atom. The average molecular weight is 604 g/mol. The zero-order chi connectivity index (χ0) is 15.9. The van der Waals surface area contributed by atoms with Gasteiger partial charge in [0.15, 0.2) is 11.5 Å². The number of halogens is 3. The maximum absolute atomic E-state index is 9.87. The van der Waals surface area contributed by atoms with Crippen LogP contribution in [0.15, 0.2) is 24.3 Å². The summed E-state index contributed by atoms with van der Waals surface area (Å²) in [5, 5.41) is 32.8. The van der Waals surface area contributed by atoms with Crippen LogP contribution >= 0.6 is 62.2 Å². The van der Waals surface area contributed by atoms with Crippen LogP contribution in [0.4, 0.5) is 0 Å². The first-order chi connectivity index (χ1) is 10.5. The van der Waals surface area contributed by atoms with E-state index in [4.69, 9.17) is 0 Å². The second-order valence-corrected chi connectivity index (χ2v) is 7.73. The molecule has 0 saturated carbocycles. The molecule has 0 aromatic heterocycles. The van der Waals surface area contributed by atoms with Crippen LogP contribution < -0.4 is 5.32 Å². The van der Waals surface area contributed by atoms with Gasteiger partial charge in [-0.2, -0.15) is 0 Å². The van der Waals surface area contributed by atoms with Crippen LogP contribution in [0.1, 0.15) is 22.7 Å². The van der Waals surface area contributed by atoms with Crippen molar-refractivity contribution in [3.05, 3.63) is 48.1 Å². The summed E-state index contributed by atoms with van der Waals surface area (Å²) in [5.41, 5.74) is 3.23. The maximum Gasteiger partial charge on any atom is 0.157 e. The molecule has 0 aliphatic carbocycles. The van der Waals surface area contributed by atoms with Gasteiger partial charge in [0.25, 0.3) is 0 Å². The lowest BCUT2D eigenvalue weighted by Crippen LogP contribution is -2.31. The normalized spacial score (nSPS) is 16.5. The van der Waals surface area contributed by atoms with E-state index in [2.05, 4.69) is 50.5 Å². The Morgan fingerprint density at radius 1 is 1.00 bits per heavy atom.